The fraction of sp³-hybridized carbons (Fsp3) is 0.579. The molecule has 0 unspecified atom stereocenters. The van der Waals surface area contributed by atoms with Crippen LogP contribution in [0.1, 0.15) is 49.7 Å². The molecule has 4 aliphatic rings. The van der Waals surface area contributed by atoms with Crippen LogP contribution in [0.25, 0.3) is 6.08 Å². The highest BCUT2D eigenvalue weighted by Gasteiger charge is 2.61. The number of fused-ring (bicyclic) bond motifs is 3. The normalized spacial score (nSPS) is 39.5. The molecule has 5 rings (SSSR count). The van der Waals surface area contributed by atoms with Gasteiger partial charge in [0, 0.05) is 19.1 Å². The minimum absolute atomic E-state index is 0.386. The van der Waals surface area contributed by atoms with Gasteiger partial charge in [0.25, 0.3) is 0 Å². The highest BCUT2D eigenvalue weighted by Crippen LogP contribution is 2.55. The Balaban J connectivity index is 1.71. The molecule has 0 radical (unpaired) electrons. The molecule has 4 nitrogen and oxygen atoms in total. The Hall–Kier alpha value is -1.20. The van der Waals surface area contributed by atoms with Crippen molar-refractivity contribution < 1.29 is 19.2 Å². The Morgan fingerprint density at radius 1 is 1.13 bits per heavy atom. The Bertz CT molecular complexity index is 580. The summed E-state index contributed by atoms with van der Waals surface area (Å²) in [7, 11) is 1.70. The van der Waals surface area contributed by atoms with E-state index in [9.17, 15) is 0 Å². The van der Waals surface area contributed by atoms with E-state index >= 15 is 0 Å². The molecule has 0 amide bonds. The van der Waals surface area contributed by atoms with Crippen LogP contribution < -0.4 is 0 Å². The minimum atomic E-state index is -0.872. The SMILES string of the molecule is C=Cc1ccc([C@]23CC[C@H]4CCCC[C@@]4(OO2)[C@@H](OC)O3)cc1. The van der Waals surface area contributed by atoms with Crippen LogP contribution >= 0.6 is 0 Å². The van der Waals surface area contributed by atoms with Gasteiger partial charge < -0.3 is 9.47 Å². The van der Waals surface area contributed by atoms with Crippen molar-refractivity contribution in [1.82, 2.24) is 0 Å². The van der Waals surface area contributed by atoms with E-state index in [1.165, 1.54) is 6.42 Å². The molecular formula is C19H24O4. The van der Waals surface area contributed by atoms with Gasteiger partial charge in [-0.3, -0.25) is 0 Å². The highest BCUT2D eigenvalue weighted by atomic mass is 17.3. The number of ether oxygens (including phenoxy) is 2. The Labute approximate surface area is 137 Å². The molecule has 3 saturated heterocycles. The molecule has 124 valence electrons. The summed E-state index contributed by atoms with van der Waals surface area (Å²) in [6.45, 7) is 3.80. The summed E-state index contributed by atoms with van der Waals surface area (Å²) in [5.74, 6) is -0.443. The van der Waals surface area contributed by atoms with Crippen LogP contribution in [-0.2, 0) is 25.0 Å². The summed E-state index contributed by atoms with van der Waals surface area (Å²) in [6, 6.07) is 8.10. The zero-order chi connectivity index (χ0) is 15.9. The predicted molar refractivity (Wildman–Crippen MR) is 86.2 cm³/mol. The van der Waals surface area contributed by atoms with E-state index in [1.807, 2.05) is 30.3 Å². The van der Waals surface area contributed by atoms with Gasteiger partial charge in [0.2, 0.25) is 5.79 Å². The molecule has 2 bridgehead atoms. The molecule has 1 spiro atoms. The van der Waals surface area contributed by atoms with Crippen LogP contribution in [0.3, 0.4) is 0 Å². The summed E-state index contributed by atoms with van der Waals surface area (Å²) in [6.07, 6.45) is 7.71. The van der Waals surface area contributed by atoms with Crippen molar-refractivity contribution in [2.24, 2.45) is 5.92 Å². The fourth-order valence-corrected chi connectivity index (χ4v) is 4.37. The lowest BCUT2D eigenvalue weighted by atomic mass is 9.73. The zero-order valence-corrected chi connectivity index (χ0v) is 13.6. The lowest BCUT2D eigenvalue weighted by Gasteiger charge is -2.49. The fourth-order valence-electron chi connectivity index (χ4n) is 4.37. The van der Waals surface area contributed by atoms with Crippen LogP contribution in [0.15, 0.2) is 30.8 Å². The quantitative estimate of drug-likeness (QED) is 0.785. The highest BCUT2D eigenvalue weighted by molar-refractivity contribution is 5.47. The maximum absolute atomic E-state index is 6.37. The van der Waals surface area contributed by atoms with E-state index < -0.39 is 11.4 Å². The summed E-state index contributed by atoms with van der Waals surface area (Å²) in [4.78, 5) is 12.0. The Kier molecular flexibility index (Phi) is 3.81. The predicted octanol–water partition coefficient (Wildman–Crippen LogP) is 4.16. The van der Waals surface area contributed by atoms with Crippen molar-refractivity contribution in [3.63, 3.8) is 0 Å². The molecule has 3 heterocycles. The van der Waals surface area contributed by atoms with Gasteiger partial charge in [-0.1, -0.05) is 49.8 Å². The Morgan fingerprint density at radius 3 is 2.70 bits per heavy atom. The molecule has 1 aromatic rings. The summed E-state index contributed by atoms with van der Waals surface area (Å²) < 4.78 is 12.1. The largest absolute Gasteiger partial charge is 0.353 e. The van der Waals surface area contributed by atoms with Crippen LogP contribution in [-0.4, -0.2) is 19.0 Å². The number of hydrogen-bond donors (Lipinski definition) is 0. The molecule has 23 heavy (non-hydrogen) atoms. The zero-order valence-electron chi connectivity index (χ0n) is 13.6. The van der Waals surface area contributed by atoms with Crippen molar-refractivity contribution in [2.75, 3.05) is 7.11 Å². The number of methoxy groups -OCH3 is 1. The van der Waals surface area contributed by atoms with E-state index in [2.05, 4.69) is 6.58 Å². The maximum Gasteiger partial charge on any atom is 0.230 e. The minimum Gasteiger partial charge on any atom is -0.353 e. The van der Waals surface area contributed by atoms with E-state index in [-0.39, 0.29) is 6.29 Å². The van der Waals surface area contributed by atoms with Crippen LogP contribution in [0.5, 0.6) is 0 Å². The van der Waals surface area contributed by atoms with Crippen molar-refractivity contribution in [1.29, 1.82) is 0 Å². The van der Waals surface area contributed by atoms with Crippen molar-refractivity contribution >= 4 is 6.08 Å². The molecular weight excluding hydrogens is 292 g/mol. The van der Waals surface area contributed by atoms with Gasteiger partial charge in [0.05, 0.1) is 0 Å². The van der Waals surface area contributed by atoms with E-state index in [4.69, 9.17) is 19.2 Å². The molecule has 1 saturated carbocycles. The molecule has 4 heteroatoms. The van der Waals surface area contributed by atoms with Gasteiger partial charge in [-0.05, 0) is 30.7 Å². The van der Waals surface area contributed by atoms with Gasteiger partial charge in [-0.15, -0.1) is 0 Å². The van der Waals surface area contributed by atoms with Crippen LogP contribution in [0.4, 0.5) is 0 Å². The maximum atomic E-state index is 6.37. The lowest BCUT2D eigenvalue weighted by Crippen LogP contribution is -2.59. The van der Waals surface area contributed by atoms with Gasteiger partial charge in [0.15, 0.2) is 11.9 Å². The third-order valence-electron chi connectivity index (χ3n) is 5.71. The monoisotopic (exact) mass is 316 g/mol. The first kappa shape index (κ1) is 15.3. The topological polar surface area (TPSA) is 36.9 Å². The van der Waals surface area contributed by atoms with Crippen LogP contribution in [0, 0.1) is 5.92 Å². The van der Waals surface area contributed by atoms with Crippen LogP contribution in [0.2, 0.25) is 0 Å². The molecule has 0 N–H and O–H groups in total. The van der Waals surface area contributed by atoms with Gasteiger partial charge in [-0.2, -0.15) is 4.89 Å². The number of rotatable bonds is 3. The van der Waals surface area contributed by atoms with Crippen molar-refractivity contribution in [3.8, 4) is 0 Å². The number of benzene rings is 1. The van der Waals surface area contributed by atoms with E-state index in [1.54, 1.807) is 7.11 Å². The molecule has 0 aromatic heterocycles. The van der Waals surface area contributed by atoms with Gasteiger partial charge >= 0.3 is 0 Å². The average Bonchev–Trinajstić information content (AvgIpc) is 2.88. The van der Waals surface area contributed by atoms with Gasteiger partial charge in [0.1, 0.15) is 0 Å². The third kappa shape index (κ3) is 2.28. The molecule has 4 fully saturated rings. The molecule has 1 aliphatic carbocycles. The van der Waals surface area contributed by atoms with E-state index in [0.29, 0.717) is 5.92 Å². The summed E-state index contributed by atoms with van der Waals surface area (Å²) in [5.41, 5.74) is 1.59. The standard InChI is InChI=1S/C19H24O4/c1-3-14-7-9-16(10-8-14)19-13-11-15-6-4-5-12-18(15,22-23-19)17(20-2)21-19/h3,7-10,15,17H,1,4-6,11-13H2,2H3/t15-,17+,18+,19+/m1/s1. The second-order valence-corrected chi connectivity index (χ2v) is 6.87. The summed E-state index contributed by atoms with van der Waals surface area (Å²) in [5, 5.41) is 0. The Morgan fingerprint density at radius 2 is 1.96 bits per heavy atom. The third-order valence-corrected chi connectivity index (χ3v) is 5.71. The summed E-state index contributed by atoms with van der Waals surface area (Å²) >= 11 is 0. The molecule has 3 aliphatic heterocycles. The van der Waals surface area contributed by atoms with E-state index in [0.717, 1.165) is 43.2 Å². The first-order valence-electron chi connectivity index (χ1n) is 8.53. The lowest BCUT2D eigenvalue weighted by molar-refractivity contribution is -0.558. The van der Waals surface area contributed by atoms with Crippen molar-refractivity contribution in [2.45, 2.75) is 56.2 Å². The molecule has 4 atom stereocenters. The number of hydrogen-bond acceptors (Lipinski definition) is 4. The van der Waals surface area contributed by atoms with Crippen molar-refractivity contribution in [3.05, 3.63) is 42.0 Å². The first-order valence-corrected chi connectivity index (χ1v) is 8.53. The molecule has 1 aromatic carbocycles. The smallest absolute Gasteiger partial charge is 0.230 e. The first-order chi connectivity index (χ1) is 11.2. The second kappa shape index (κ2) is 5.71. The second-order valence-electron chi connectivity index (χ2n) is 6.87. The average molecular weight is 316 g/mol. The van der Waals surface area contributed by atoms with Gasteiger partial charge in [-0.25, -0.2) is 4.89 Å².